The Morgan fingerprint density at radius 3 is 2.73 bits per heavy atom. The molecule has 15 heavy (non-hydrogen) atoms. The Morgan fingerprint density at radius 1 is 1.73 bits per heavy atom. The minimum absolute atomic E-state index is 0.000355. The van der Waals surface area contributed by atoms with Crippen molar-refractivity contribution in [1.29, 1.82) is 0 Å². The van der Waals surface area contributed by atoms with Gasteiger partial charge in [-0.15, -0.1) is 6.58 Å². The number of aromatic nitrogens is 2. The van der Waals surface area contributed by atoms with E-state index in [0.29, 0.717) is 12.2 Å². The van der Waals surface area contributed by atoms with Gasteiger partial charge in [-0.2, -0.15) is 0 Å². The van der Waals surface area contributed by atoms with E-state index in [2.05, 4.69) is 11.6 Å². The van der Waals surface area contributed by atoms with Gasteiger partial charge >= 0.3 is 0 Å². The third-order valence-corrected chi connectivity index (χ3v) is 3.30. The van der Waals surface area contributed by atoms with Crippen molar-refractivity contribution in [3.8, 4) is 0 Å². The molecule has 0 saturated carbocycles. The van der Waals surface area contributed by atoms with E-state index in [1.807, 2.05) is 13.8 Å². The summed E-state index contributed by atoms with van der Waals surface area (Å²) in [7, 11) is 1.47. The molecule has 0 amide bonds. The Kier molecular flexibility index (Phi) is 3.57. The van der Waals surface area contributed by atoms with E-state index in [1.54, 1.807) is 10.6 Å². The van der Waals surface area contributed by atoms with Crippen LogP contribution in [0.2, 0.25) is 0 Å². The summed E-state index contributed by atoms with van der Waals surface area (Å²) in [5.41, 5.74) is 0. The van der Waals surface area contributed by atoms with Crippen LogP contribution in [-0.4, -0.2) is 18.0 Å². The SMILES string of the molecule is C=CC(C)n1cc(S(=O)(=O)Cl)nc1CC. The predicted octanol–water partition coefficient (Wildman–Crippen LogP) is 2.12. The van der Waals surface area contributed by atoms with Crippen molar-refractivity contribution in [2.45, 2.75) is 31.3 Å². The first-order valence-corrected chi connectivity index (χ1v) is 6.86. The highest BCUT2D eigenvalue weighted by molar-refractivity contribution is 8.13. The lowest BCUT2D eigenvalue weighted by atomic mass is 10.3. The highest BCUT2D eigenvalue weighted by Crippen LogP contribution is 2.19. The van der Waals surface area contributed by atoms with Crippen molar-refractivity contribution in [3.05, 3.63) is 24.7 Å². The molecule has 0 bridgehead atoms. The monoisotopic (exact) mass is 248 g/mol. The number of hydrogen-bond acceptors (Lipinski definition) is 3. The fourth-order valence-electron chi connectivity index (χ4n) is 1.25. The van der Waals surface area contributed by atoms with Gasteiger partial charge in [0.15, 0.2) is 5.03 Å². The van der Waals surface area contributed by atoms with Gasteiger partial charge in [0.05, 0.1) is 0 Å². The number of hydrogen-bond donors (Lipinski definition) is 0. The number of imidazole rings is 1. The van der Waals surface area contributed by atoms with Gasteiger partial charge in [-0.25, -0.2) is 13.4 Å². The van der Waals surface area contributed by atoms with E-state index in [0.717, 1.165) is 0 Å². The standard InChI is InChI=1S/C9H13ClN2O2S/c1-4-7(3)12-6-9(15(10,13)14)11-8(12)5-2/h4,6-7H,1,5H2,2-3H3. The second-order valence-electron chi connectivity index (χ2n) is 3.17. The third kappa shape index (κ3) is 2.60. The molecule has 0 aliphatic carbocycles. The van der Waals surface area contributed by atoms with Crippen LogP contribution in [0, 0.1) is 0 Å². The first-order valence-electron chi connectivity index (χ1n) is 4.55. The summed E-state index contributed by atoms with van der Waals surface area (Å²) in [6.45, 7) is 7.46. The summed E-state index contributed by atoms with van der Waals surface area (Å²) in [6.07, 6.45) is 3.80. The van der Waals surface area contributed by atoms with Gasteiger partial charge in [0.1, 0.15) is 5.82 Å². The molecule has 1 heterocycles. The van der Waals surface area contributed by atoms with Gasteiger partial charge < -0.3 is 4.57 Å². The van der Waals surface area contributed by atoms with Gasteiger partial charge in [-0.3, -0.25) is 0 Å². The first kappa shape index (κ1) is 12.3. The third-order valence-electron chi connectivity index (χ3n) is 2.13. The van der Waals surface area contributed by atoms with E-state index >= 15 is 0 Å². The molecular formula is C9H13ClN2O2S. The molecule has 0 N–H and O–H groups in total. The van der Waals surface area contributed by atoms with Crippen LogP contribution < -0.4 is 0 Å². The number of rotatable bonds is 4. The van der Waals surface area contributed by atoms with Gasteiger partial charge in [-0.05, 0) is 6.92 Å². The Bertz CT molecular complexity index is 464. The molecule has 1 aromatic rings. The number of aryl methyl sites for hydroxylation is 1. The molecule has 1 aromatic heterocycles. The highest BCUT2D eigenvalue weighted by Gasteiger charge is 2.18. The lowest BCUT2D eigenvalue weighted by molar-refractivity contribution is 0.606. The van der Waals surface area contributed by atoms with Crippen molar-refractivity contribution in [2.24, 2.45) is 0 Å². The van der Waals surface area contributed by atoms with Crippen molar-refractivity contribution in [3.63, 3.8) is 0 Å². The summed E-state index contributed by atoms with van der Waals surface area (Å²) in [5.74, 6) is 0.682. The maximum atomic E-state index is 11.1. The van der Waals surface area contributed by atoms with E-state index in [1.165, 1.54) is 6.20 Å². The Balaban J connectivity index is 3.29. The number of nitrogens with zero attached hydrogens (tertiary/aromatic N) is 2. The van der Waals surface area contributed by atoms with Crippen molar-refractivity contribution in [1.82, 2.24) is 9.55 Å². The number of allylic oxidation sites excluding steroid dienone is 1. The summed E-state index contributed by atoms with van der Waals surface area (Å²) >= 11 is 0. The summed E-state index contributed by atoms with van der Waals surface area (Å²) in [6, 6.07) is -0.000355. The van der Waals surface area contributed by atoms with E-state index in [-0.39, 0.29) is 11.1 Å². The van der Waals surface area contributed by atoms with Crippen LogP contribution >= 0.6 is 10.7 Å². The Hall–Kier alpha value is -0.810. The maximum absolute atomic E-state index is 11.1. The first-order chi connectivity index (χ1) is 6.90. The zero-order valence-electron chi connectivity index (χ0n) is 8.64. The molecular weight excluding hydrogens is 236 g/mol. The molecule has 1 rings (SSSR count). The Morgan fingerprint density at radius 2 is 2.33 bits per heavy atom. The lowest BCUT2D eigenvalue weighted by Gasteiger charge is -2.10. The maximum Gasteiger partial charge on any atom is 0.280 e. The molecule has 4 nitrogen and oxygen atoms in total. The molecule has 6 heteroatoms. The van der Waals surface area contributed by atoms with Crippen LogP contribution in [0.1, 0.15) is 25.7 Å². The van der Waals surface area contributed by atoms with Gasteiger partial charge in [0, 0.05) is 29.3 Å². The average Bonchev–Trinajstić information content (AvgIpc) is 2.59. The molecule has 1 atom stereocenters. The van der Waals surface area contributed by atoms with Crippen molar-refractivity contribution in [2.75, 3.05) is 0 Å². The van der Waals surface area contributed by atoms with Crippen molar-refractivity contribution < 1.29 is 8.42 Å². The molecule has 84 valence electrons. The molecule has 0 aliphatic rings. The van der Waals surface area contributed by atoms with Crippen LogP contribution in [0.15, 0.2) is 23.9 Å². The summed E-state index contributed by atoms with van der Waals surface area (Å²) in [5, 5.41) is -0.102. The van der Waals surface area contributed by atoms with Gasteiger partial charge in [0.25, 0.3) is 9.05 Å². The zero-order valence-corrected chi connectivity index (χ0v) is 10.2. The lowest BCUT2D eigenvalue weighted by Crippen LogP contribution is -2.04. The molecule has 0 saturated heterocycles. The Labute approximate surface area is 94.0 Å². The zero-order chi connectivity index (χ0) is 11.6. The topological polar surface area (TPSA) is 52.0 Å². The van der Waals surface area contributed by atoms with Gasteiger partial charge in [-0.1, -0.05) is 13.0 Å². The second-order valence-corrected chi connectivity index (χ2v) is 5.68. The molecule has 0 fully saturated rings. The highest BCUT2D eigenvalue weighted by atomic mass is 35.7. The van der Waals surface area contributed by atoms with Crippen molar-refractivity contribution >= 4 is 19.7 Å². The average molecular weight is 249 g/mol. The summed E-state index contributed by atoms with van der Waals surface area (Å²) < 4.78 is 23.9. The van der Waals surface area contributed by atoms with Crippen LogP contribution in [0.4, 0.5) is 0 Å². The van der Waals surface area contributed by atoms with Crippen LogP contribution in [0.5, 0.6) is 0 Å². The normalized spacial score (nSPS) is 13.8. The van der Waals surface area contributed by atoms with Crippen LogP contribution in [0.25, 0.3) is 0 Å². The molecule has 0 aromatic carbocycles. The molecule has 0 spiro atoms. The van der Waals surface area contributed by atoms with Gasteiger partial charge in [0.2, 0.25) is 0 Å². The summed E-state index contributed by atoms with van der Waals surface area (Å²) in [4.78, 5) is 3.96. The fourth-order valence-corrected chi connectivity index (χ4v) is 1.93. The second kappa shape index (κ2) is 4.37. The molecule has 0 aliphatic heterocycles. The number of halogens is 1. The van der Waals surface area contributed by atoms with Crippen LogP contribution in [0.3, 0.4) is 0 Å². The quantitative estimate of drug-likeness (QED) is 0.606. The van der Waals surface area contributed by atoms with E-state index in [4.69, 9.17) is 10.7 Å². The van der Waals surface area contributed by atoms with Crippen LogP contribution in [-0.2, 0) is 15.5 Å². The smallest absolute Gasteiger partial charge is 0.280 e. The minimum atomic E-state index is -3.75. The molecule has 0 radical (unpaired) electrons. The molecule has 1 unspecified atom stereocenters. The van der Waals surface area contributed by atoms with E-state index in [9.17, 15) is 8.42 Å². The predicted molar refractivity (Wildman–Crippen MR) is 59.6 cm³/mol. The fraction of sp³-hybridized carbons (Fsp3) is 0.444. The van der Waals surface area contributed by atoms with E-state index < -0.39 is 9.05 Å². The minimum Gasteiger partial charge on any atom is -0.327 e. The largest absolute Gasteiger partial charge is 0.327 e.